The quantitative estimate of drug-likeness (QED) is 0.541. The van der Waals surface area contributed by atoms with E-state index >= 15 is 0 Å². The van der Waals surface area contributed by atoms with Gasteiger partial charge < -0.3 is 19.2 Å². The maximum absolute atomic E-state index is 12.4. The van der Waals surface area contributed by atoms with E-state index in [9.17, 15) is 4.79 Å². The fourth-order valence-corrected chi connectivity index (χ4v) is 5.56. The van der Waals surface area contributed by atoms with Crippen molar-refractivity contribution in [3.8, 4) is 22.3 Å². The summed E-state index contributed by atoms with van der Waals surface area (Å²) in [7, 11) is 0. The van der Waals surface area contributed by atoms with Gasteiger partial charge in [-0.3, -0.25) is 4.79 Å². The molecular weight excluding hydrogens is 434 g/mol. The van der Waals surface area contributed by atoms with Crippen molar-refractivity contribution in [2.45, 2.75) is 44.4 Å². The number of hydrogen-bond donors (Lipinski definition) is 1. The lowest BCUT2D eigenvalue weighted by atomic mass is 9.90. The smallest absolute Gasteiger partial charge is 0.277 e. The van der Waals surface area contributed by atoms with E-state index in [1.807, 2.05) is 25.1 Å². The average Bonchev–Trinajstić information content (AvgIpc) is 3.49. The van der Waals surface area contributed by atoms with E-state index in [0.29, 0.717) is 16.9 Å². The molecule has 1 aliphatic carbocycles. The van der Waals surface area contributed by atoms with Crippen molar-refractivity contribution in [1.29, 1.82) is 0 Å². The number of aromatic nitrogens is 2. The molecule has 9 heteroatoms. The lowest BCUT2D eigenvalue weighted by Gasteiger charge is -2.16. The first-order chi connectivity index (χ1) is 15.0. The molecule has 0 spiro atoms. The van der Waals surface area contributed by atoms with Crippen molar-refractivity contribution in [3.05, 3.63) is 40.3 Å². The van der Waals surface area contributed by atoms with Crippen LogP contribution in [0, 0.1) is 5.92 Å². The summed E-state index contributed by atoms with van der Waals surface area (Å²) in [5.74, 6) is 2.79. The van der Waals surface area contributed by atoms with E-state index in [1.54, 1.807) is 11.3 Å². The second-order valence-corrected chi connectivity index (χ2v) is 10.0. The second-order valence-electron chi connectivity index (χ2n) is 7.97. The highest BCUT2D eigenvalue weighted by atomic mass is 32.2. The summed E-state index contributed by atoms with van der Waals surface area (Å²) >= 11 is 2.98. The molecule has 1 aliphatic heterocycles. The second kappa shape index (κ2) is 8.55. The van der Waals surface area contributed by atoms with Crippen LogP contribution in [0.15, 0.2) is 33.9 Å². The van der Waals surface area contributed by atoms with Gasteiger partial charge >= 0.3 is 0 Å². The Bertz CT molecular complexity index is 1110. The minimum Gasteiger partial charge on any atom is -0.454 e. The van der Waals surface area contributed by atoms with Crippen LogP contribution in [0.2, 0.25) is 0 Å². The van der Waals surface area contributed by atoms with Crippen molar-refractivity contribution in [2.75, 3.05) is 12.5 Å². The zero-order valence-electron chi connectivity index (χ0n) is 17.3. The molecule has 0 saturated heterocycles. The number of aryl methyl sites for hydroxylation is 1. The summed E-state index contributed by atoms with van der Waals surface area (Å²) in [6.07, 6.45) is 3.47. The topological polar surface area (TPSA) is 86.5 Å². The first-order valence-corrected chi connectivity index (χ1v) is 12.1. The third-order valence-corrected chi connectivity index (χ3v) is 7.59. The Kier molecular flexibility index (Phi) is 5.62. The predicted octanol–water partition coefficient (Wildman–Crippen LogP) is 4.62. The van der Waals surface area contributed by atoms with Gasteiger partial charge in [-0.15, -0.1) is 21.5 Å². The first kappa shape index (κ1) is 20.4. The van der Waals surface area contributed by atoms with Gasteiger partial charge in [0.25, 0.3) is 11.1 Å². The van der Waals surface area contributed by atoms with E-state index in [0.717, 1.165) is 34.9 Å². The van der Waals surface area contributed by atoms with Gasteiger partial charge in [-0.2, -0.15) is 0 Å². The molecule has 2 aliphatic rings. The molecule has 0 fully saturated rings. The maximum Gasteiger partial charge on any atom is 0.277 e. The van der Waals surface area contributed by atoms with Gasteiger partial charge in [0, 0.05) is 4.88 Å². The van der Waals surface area contributed by atoms with Crippen molar-refractivity contribution in [3.63, 3.8) is 0 Å². The number of ether oxygens (including phenoxy) is 2. The molecular formula is C22H23N3O4S2. The first-order valence-electron chi connectivity index (χ1n) is 10.3. The number of thioether (sulfide) groups is 1. The van der Waals surface area contributed by atoms with Crippen molar-refractivity contribution in [2.24, 2.45) is 5.92 Å². The molecule has 1 N–H and O–H groups in total. The van der Waals surface area contributed by atoms with Gasteiger partial charge in [0.2, 0.25) is 12.7 Å². The number of benzene rings is 1. The van der Waals surface area contributed by atoms with Crippen molar-refractivity contribution in [1.82, 2.24) is 15.5 Å². The minimum atomic E-state index is -0.152. The third-order valence-electron chi connectivity index (χ3n) is 5.55. The summed E-state index contributed by atoms with van der Waals surface area (Å²) in [6.45, 7) is 4.46. The van der Waals surface area contributed by atoms with Gasteiger partial charge in [-0.25, -0.2) is 0 Å². The van der Waals surface area contributed by atoms with Gasteiger partial charge in [-0.1, -0.05) is 24.8 Å². The molecule has 0 saturated carbocycles. The molecule has 7 nitrogen and oxygen atoms in total. The zero-order valence-corrected chi connectivity index (χ0v) is 19.0. The van der Waals surface area contributed by atoms with Gasteiger partial charge in [0.1, 0.15) is 0 Å². The highest BCUT2D eigenvalue weighted by Gasteiger charge is 2.21. The standard InChI is InChI=1S/C22H23N3O4S2/c1-12-3-6-18-15(7-12)9-19(31-18)21-24-25-22(29-21)30-10-20(26)23-13(2)14-4-5-16-17(8-14)28-11-27-16/h4-5,8-9,12-13H,3,6-7,10-11H2,1-2H3,(H,23,26). The van der Waals surface area contributed by atoms with Crippen LogP contribution in [0.3, 0.4) is 0 Å². The third kappa shape index (κ3) is 4.43. The molecule has 162 valence electrons. The monoisotopic (exact) mass is 457 g/mol. The average molecular weight is 458 g/mol. The lowest BCUT2D eigenvalue weighted by Crippen LogP contribution is -2.28. The molecule has 3 heterocycles. The van der Waals surface area contributed by atoms with Crippen LogP contribution in [0.4, 0.5) is 0 Å². The molecule has 0 bridgehead atoms. The Morgan fingerprint density at radius 3 is 3.06 bits per heavy atom. The summed E-state index contributed by atoms with van der Waals surface area (Å²) in [4.78, 5) is 14.8. The molecule has 31 heavy (non-hydrogen) atoms. The number of rotatable bonds is 6. The number of nitrogens with one attached hydrogen (secondary N) is 1. The largest absolute Gasteiger partial charge is 0.454 e. The van der Waals surface area contributed by atoms with Gasteiger partial charge in [0.05, 0.1) is 16.7 Å². The zero-order chi connectivity index (χ0) is 21.4. The molecule has 2 atom stereocenters. The highest BCUT2D eigenvalue weighted by Crippen LogP contribution is 2.37. The van der Waals surface area contributed by atoms with Gasteiger partial charge in [-0.05, 0) is 61.4 Å². The molecule has 0 radical (unpaired) electrons. The van der Waals surface area contributed by atoms with Crippen LogP contribution in [0.25, 0.3) is 10.8 Å². The Balaban J connectivity index is 1.16. The van der Waals surface area contributed by atoms with Crippen molar-refractivity contribution < 1.29 is 18.7 Å². The Morgan fingerprint density at radius 2 is 2.16 bits per heavy atom. The van der Waals surface area contributed by atoms with Crippen LogP contribution >= 0.6 is 23.1 Å². The van der Waals surface area contributed by atoms with Crippen molar-refractivity contribution >= 4 is 29.0 Å². The van der Waals surface area contributed by atoms with Crippen LogP contribution in [-0.4, -0.2) is 28.7 Å². The van der Waals surface area contributed by atoms with Crippen LogP contribution in [0.1, 0.15) is 42.3 Å². The van der Waals surface area contributed by atoms with E-state index < -0.39 is 0 Å². The number of nitrogens with zero attached hydrogens (tertiary/aromatic N) is 2. The fraction of sp³-hybridized carbons (Fsp3) is 0.409. The minimum absolute atomic E-state index is 0.101. The van der Waals surface area contributed by atoms with E-state index in [-0.39, 0.29) is 24.5 Å². The Hall–Kier alpha value is -2.52. The number of fused-ring (bicyclic) bond motifs is 2. The van der Waals surface area contributed by atoms with E-state index in [2.05, 4.69) is 28.5 Å². The van der Waals surface area contributed by atoms with Crippen LogP contribution in [-0.2, 0) is 17.6 Å². The van der Waals surface area contributed by atoms with Crippen LogP contribution < -0.4 is 14.8 Å². The summed E-state index contributed by atoms with van der Waals surface area (Å²) in [5, 5.41) is 11.7. The fourth-order valence-electron chi connectivity index (χ4n) is 3.86. The van der Waals surface area contributed by atoms with E-state index in [1.165, 1.54) is 28.6 Å². The molecule has 1 amide bonds. The molecule has 2 unspecified atom stereocenters. The number of thiophene rings is 1. The lowest BCUT2D eigenvalue weighted by molar-refractivity contribution is -0.119. The van der Waals surface area contributed by atoms with E-state index in [4.69, 9.17) is 13.9 Å². The molecule has 3 aromatic rings. The number of carbonyl (C=O) groups is 1. The maximum atomic E-state index is 12.4. The number of hydrogen-bond acceptors (Lipinski definition) is 8. The number of carbonyl (C=O) groups excluding carboxylic acids is 1. The number of amides is 1. The molecule has 5 rings (SSSR count). The Labute approximate surface area is 188 Å². The Morgan fingerprint density at radius 1 is 1.29 bits per heavy atom. The van der Waals surface area contributed by atoms with Crippen LogP contribution in [0.5, 0.6) is 11.5 Å². The summed E-state index contributed by atoms with van der Waals surface area (Å²) in [6, 6.07) is 7.71. The summed E-state index contributed by atoms with van der Waals surface area (Å²) in [5.41, 5.74) is 2.36. The van der Waals surface area contributed by atoms with Gasteiger partial charge in [0.15, 0.2) is 11.5 Å². The summed E-state index contributed by atoms with van der Waals surface area (Å²) < 4.78 is 16.5. The molecule has 2 aromatic heterocycles. The SMILES string of the molecule is CC1CCc2sc(-c3nnc(SCC(=O)NC(C)c4ccc5c(c4)OCO5)o3)cc2C1. The normalized spacial score (nSPS) is 17.9. The predicted molar refractivity (Wildman–Crippen MR) is 119 cm³/mol. The highest BCUT2D eigenvalue weighted by molar-refractivity contribution is 7.99. The molecule has 1 aromatic carbocycles.